The second-order valence-electron chi connectivity index (χ2n) is 4.10. The number of nitrogens with zero attached hydrogens (tertiary/aromatic N) is 1. The van der Waals surface area contributed by atoms with Crippen LogP contribution in [0.4, 0.5) is 0 Å². The van der Waals surface area contributed by atoms with E-state index in [1.165, 1.54) is 6.20 Å². The molecule has 5 nitrogen and oxygen atoms in total. The SMILES string of the molecule is CC(C)NC(=O)CCNC(=O)c1ccc(Br)nc1. The molecule has 0 fully saturated rings. The molecular formula is C12H16BrN3O2. The minimum atomic E-state index is -0.229. The number of aromatic nitrogens is 1. The summed E-state index contributed by atoms with van der Waals surface area (Å²) in [6.07, 6.45) is 1.75. The molecule has 1 heterocycles. The number of hydrogen-bond donors (Lipinski definition) is 2. The fourth-order valence-corrected chi connectivity index (χ4v) is 1.53. The Morgan fingerprint density at radius 2 is 2.11 bits per heavy atom. The highest BCUT2D eigenvalue weighted by Crippen LogP contribution is 2.05. The third kappa shape index (κ3) is 5.27. The maximum Gasteiger partial charge on any atom is 0.252 e. The van der Waals surface area contributed by atoms with E-state index in [0.29, 0.717) is 16.7 Å². The van der Waals surface area contributed by atoms with E-state index >= 15 is 0 Å². The van der Waals surface area contributed by atoms with Crippen LogP contribution in [-0.4, -0.2) is 29.4 Å². The van der Waals surface area contributed by atoms with E-state index in [2.05, 4.69) is 31.5 Å². The molecule has 0 unspecified atom stereocenters. The van der Waals surface area contributed by atoms with E-state index < -0.39 is 0 Å². The minimum Gasteiger partial charge on any atom is -0.354 e. The van der Waals surface area contributed by atoms with Gasteiger partial charge in [-0.25, -0.2) is 4.98 Å². The Morgan fingerprint density at radius 3 is 2.67 bits per heavy atom. The van der Waals surface area contributed by atoms with Crippen molar-refractivity contribution < 1.29 is 9.59 Å². The average molecular weight is 314 g/mol. The third-order valence-electron chi connectivity index (χ3n) is 2.08. The Kier molecular flexibility index (Phi) is 5.77. The van der Waals surface area contributed by atoms with Gasteiger partial charge in [0.05, 0.1) is 5.56 Å². The van der Waals surface area contributed by atoms with Crippen LogP contribution in [-0.2, 0) is 4.79 Å². The van der Waals surface area contributed by atoms with Crippen molar-refractivity contribution in [3.63, 3.8) is 0 Å². The van der Waals surface area contributed by atoms with Crippen LogP contribution >= 0.6 is 15.9 Å². The van der Waals surface area contributed by atoms with Crippen molar-refractivity contribution in [2.24, 2.45) is 0 Å². The lowest BCUT2D eigenvalue weighted by atomic mass is 10.2. The van der Waals surface area contributed by atoms with Crippen molar-refractivity contribution in [1.82, 2.24) is 15.6 Å². The fourth-order valence-electron chi connectivity index (χ4n) is 1.30. The Hall–Kier alpha value is -1.43. The Bertz CT molecular complexity index is 418. The van der Waals surface area contributed by atoms with Gasteiger partial charge in [-0.05, 0) is 41.9 Å². The van der Waals surface area contributed by atoms with Crippen LogP contribution in [0.5, 0.6) is 0 Å². The summed E-state index contributed by atoms with van der Waals surface area (Å²) in [6, 6.07) is 3.48. The highest BCUT2D eigenvalue weighted by Gasteiger charge is 2.07. The first kappa shape index (κ1) is 14.6. The maximum absolute atomic E-state index is 11.7. The summed E-state index contributed by atoms with van der Waals surface area (Å²) in [6.45, 7) is 4.10. The molecule has 6 heteroatoms. The highest BCUT2D eigenvalue weighted by atomic mass is 79.9. The van der Waals surface area contributed by atoms with Crippen LogP contribution in [0.3, 0.4) is 0 Å². The van der Waals surface area contributed by atoms with Crippen molar-refractivity contribution >= 4 is 27.7 Å². The Labute approximate surface area is 114 Å². The maximum atomic E-state index is 11.7. The van der Waals surface area contributed by atoms with E-state index in [0.717, 1.165) is 0 Å². The van der Waals surface area contributed by atoms with Crippen LogP contribution in [0.2, 0.25) is 0 Å². The zero-order valence-electron chi connectivity index (χ0n) is 10.4. The molecule has 0 radical (unpaired) electrons. The van der Waals surface area contributed by atoms with Gasteiger partial charge in [-0.2, -0.15) is 0 Å². The number of hydrogen-bond acceptors (Lipinski definition) is 3. The predicted octanol–water partition coefficient (Wildman–Crippen LogP) is 1.49. The lowest BCUT2D eigenvalue weighted by Crippen LogP contribution is -2.34. The molecule has 2 amide bonds. The lowest BCUT2D eigenvalue weighted by Gasteiger charge is -2.08. The van der Waals surface area contributed by atoms with Crippen LogP contribution in [0.15, 0.2) is 22.9 Å². The summed E-state index contributed by atoms with van der Waals surface area (Å²) in [7, 11) is 0. The summed E-state index contributed by atoms with van der Waals surface area (Å²) in [5, 5.41) is 5.42. The normalized spacial score (nSPS) is 10.2. The number of amides is 2. The first-order valence-corrected chi connectivity index (χ1v) is 6.47. The summed E-state index contributed by atoms with van der Waals surface area (Å²) < 4.78 is 0.676. The molecule has 0 atom stereocenters. The molecule has 0 bridgehead atoms. The molecule has 1 aromatic rings. The van der Waals surface area contributed by atoms with Gasteiger partial charge in [0.2, 0.25) is 5.91 Å². The van der Waals surface area contributed by atoms with Gasteiger partial charge in [0.1, 0.15) is 4.60 Å². The molecule has 0 aliphatic rings. The largest absolute Gasteiger partial charge is 0.354 e. The van der Waals surface area contributed by atoms with Crippen molar-refractivity contribution in [2.75, 3.05) is 6.54 Å². The molecule has 1 rings (SSSR count). The van der Waals surface area contributed by atoms with Crippen molar-refractivity contribution in [2.45, 2.75) is 26.3 Å². The number of nitrogens with one attached hydrogen (secondary N) is 2. The van der Waals surface area contributed by atoms with E-state index in [1.54, 1.807) is 12.1 Å². The number of pyridine rings is 1. The monoisotopic (exact) mass is 313 g/mol. The summed E-state index contributed by atoms with van der Waals surface area (Å²) >= 11 is 3.19. The number of carbonyl (C=O) groups is 2. The smallest absolute Gasteiger partial charge is 0.252 e. The zero-order valence-corrected chi connectivity index (χ0v) is 12.0. The van der Waals surface area contributed by atoms with Crippen LogP contribution < -0.4 is 10.6 Å². The molecule has 0 aliphatic carbocycles. The lowest BCUT2D eigenvalue weighted by molar-refractivity contribution is -0.121. The van der Waals surface area contributed by atoms with Crippen LogP contribution in [0.1, 0.15) is 30.6 Å². The average Bonchev–Trinajstić information content (AvgIpc) is 2.28. The van der Waals surface area contributed by atoms with Gasteiger partial charge in [-0.3, -0.25) is 9.59 Å². The molecule has 98 valence electrons. The molecule has 0 saturated carbocycles. The quantitative estimate of drug-likeness (QED) is 0.809. The van der Waals surface area contributed by atoms with Gasteiger partial charge in [0, 0.05) is 25.2 Å². The van der Waals surface area contributed by atoms with Crippen molar-refractivity contribution in [3.05, 3.63) is 28.5 Å². The summed E-state index contributed by atoms with van der Waals surface area (Å²) in [5.74, 6) is -0.299. The molecular weight excluding hydrogens is 298 g/mol. The van der Waals surface area contributed by atoms with Gasteiger partial charge in [-0.1, -0.05) is 0 Å². The molecule has 1 aromatic heterocycles. The fraction of sp³-hybridized carbons (Fsp3) is 0.417. The second kappa shape index (κ2) is 7.10. The molecule has 0 aromatic carbocycles. The van der Waals surface area contributed by atoms with E-state index in [4.69, 9.17) is 0 Å². The van der Waals surface area contributed by atoms with Gasteiger partial charge >= 0.3 is 0 Å². The highest BCUT2D eigenvalue weighted by molar-refractivity contribution is 9.10. The number of halogens is 1. The topological polar surface area (TPSA) is 71.1 Å². The Balaban J connectivity index is 2.33. The predicted molar refractivity (Wildman–Crippen MR) is 72.2 cm³/mol. The van der Waals surface area contributed by atoms with E-state index in [-0.39, 0.29) is 24.3 Å². The van der Waals surface area contributed by atoms with E-state index in [9.17, 15) is 9.59 Å². The molecule has 18 heavy (non-hydrogen) atoms. The number of carbonyl (C=O) groups excluding carboxylic acids is 2. The van der Waals surface area contributed by atoms with Gasteiger partial charge < -0.3 is 10.6 Å². The van der Waals surface area contributed by atoms with Crippen molar-refractivity contribution in [1.29, 1.82) is 0 Å². The van der Waals surface area contributed by atoms with Crippen molar-refractivity contribution in [3.8, 4) is 0 Å². The zero-order chi connectivity index (χ0) is 13.5. The standard InChI is InChI=1S/C12H16BrN3O2/c1-8(2)16-11(17)5-6-14-12(18)9-3-4-10(13)15-7-9/h3-4,7-8H,5-6H2,1-2H3,(H,14,18)(H,16,17). The number of rotatable bonds is 5. The van der Waals surface area contributed by atoms with Gasteiger partial charge in [0.25, 0.3) is 5.91 Å². The molecule has 0 spiro atoms. The molecule has 0 aliphatic heterocycles. The van der Waals surface area contributed by atoms with E-state index in [1.807, 2.05) is 13.8 Å². The summed E-state index contributed by atoms with van der Waals surface area (Å²) in [5.41, 5.74) is 0.475. The van der Waals surface area contributed by atoms with Gasteiger partial charge in [0.15, 0.2) is 0 Å². The molecule has 0 saturated heterocycles. The summed E-state index contributed by atoms with van der Waals surface area (Å²) in [4.78, 5) is 27.0. The first-order chi connectivity index (χ1) is 8.49. The minimum absolute atomic E-state index is 0.0702. The van der Waals surface area contributed by atoms with Crippen LogP contribution in [0.25, 0.3) is 0 Å². The molecule has 2 N–H and O–H groups in total. The van der Waals surface area contributed by atoms with Gasteiger partial charge in [-0.15, -0.1) is 0 Å². The second-order valence-corrected chi connectivity index (χ2v) is 4.91. The van der Waals surface area contributed by atoms with Crippen LogP contribution in [0, 0.1) is 0 Å². The Morgan fingerprint density at radius 1 is 1.39 bits per heavy atom. The first-order valence-electron chi connectivity index (χ1n) is 5.68. The third-order valence-corrected chi connectivity index (χ3v) is 2.55.